The zero-order valence-electron chi connectivity index (χ0n) is 40.9. The minimum absolute atomic E-state index is 0. The van der Waals surface area contributed by atoms with E-state index in [1.54, 1.807) is 36.4 Å². The minimum atomic E-state index is -5.56. The van der Waals surface area contributed by atoms with Crippen LogP contribution in [-0.4, -0.2) is 55.1 Å². The molecule has 0 unspecified atom stereocenters. The van der Waals surface area contributed by atoms with Crippen molar-refractivity contribution in [3.63, 3.8) is 0 Å². The Morgan fingerprint density at radius 1 is 0.558 bits per heavy atom. The first-order chi connectivity index (χ1) is 34.0. The number of hydrogen-bond acceptors (Lipinski definition) is 24. The van der Waals surface area contributed by atoms with Crippen molar-refractivity contribution in [3.05, 3.63) is 139 Å². The summed E-state index contributed by atoms with van der Waals surface area (Å²) in [7, 11) is -16.5. The van der Waals surface area contributed by atoms with Crippen LogP contribution in [0.1, 0.15) is 10.4 Å². The van der Waals surface area contributed by atoms with E-state index in [-0.39, 0.29) is 187 Å². The minimum Gasteiger partial charge on any atom is -0.744 e. The van der Waals surface area contributed by atoms with Gasteiger partial charge in [0.2, 0.25) is 0 Å². The van der Waals surface area contributed by atoms with Crippen molar-refractivity contribution in [2.24, 2.45) is 40.9 Å². The van der Waals surface area contributed by atoms with Gasteiger partial charge in [-0.05, 0) is 108 Å². The summed E-state index contributed by atoms with van der Waals surface area (Å²) < 4.78 is 116. The summed E-state index contributed by atoms with van der Waals surface area (Å²) in [6.45, 7) is 0. The SMILES string of the molecule is Nc1ccc(N=Nc2ccc3c[c-]c(N=Nc4cc(S(=O)(=O)[O-])cc5cc(S(=O)(=O)[O-])c(N=Nc6ccc(-c7ccc(N=Nc8ccc(O)c(C(=O)[O-])c8)cc7)cc6)c(O)c45)c(OS(=O)(=O)[O-])c3c2)c(N)c1.[Na+].[Na+].[Na+].[Na+].[Na+]. The third kappa shape index (κ3) is 16.7. The number of azo groups is 4. The summed E-state index contributed by atoms with van der Waals surface area (Å²) in [6.07, 6.45) is 0. The molecular formula is C45H27N10Na5O14S3. The number of phenols is 2. The Labute approximate surface area is 548 Å². The van der Waals surface area contributed by atoms with Gasteiger partial charge in [-0.3, -0.25) is 0 Å². The normalized spacial score (nSPS) is 11.7. The van der Waals surface area contributed by atoms with Gasteiger partial charge in [-0.2, -0.15) is 42.8 Å². The van der Waals surface area contributed by atoms with Gasteiger partial charge in [-0.1, -0.05) is 29.7 Å². The molecule has 0 heterocycles. The monoisotopic (exact) mass is 1140 g/mol. The van der Waals surface area contributed by atoms with Crippen LogP contribution in [0.15, 0.2) is 178 Å². The number of carbonyl (C=O) groups excluding carboxylic acids is 1. The molecule has 0 spiro atoms. The van der Waals surface area contributed by atoms with E-state index in [9.17, 15) is 59.0 Å². The number of nitrogen functional groups attached to an aromatic ring is 2. The molecule has 6 N–H and O–H groups in total. The van der Waals surface area contributed by atoms with Gasteiger partial charge in [0.15, 0.2) is 5.75 Å². The molecule has 364 valence electrons. The number of carboxylic acid groups (broad SMARTS) is 1. The van der Waals surface area contributed by atoms with E-state index in [1.165, 1.54) is 60.7 Å². The maximum absolute atomic E-state index is 12.6. The van der Waals surface area contributed by atoms with Gasteiger partial charge in [0.25, 0.3) is 10.4 Å². The van der Waals surface area contributed by atoms with E-state index in [4.69, 9.17) is 15.7 Å². The van der Waals surface area contributed by atoms with Crippen molar-refractivity contribution in [1.82, 2.24) is 0 Å². The molecule has 8 aromatic rings. The van der Waals surface area contributed by atoms with Crippen molar-refractivity contribution in [2.75, 3.05) is 11.5 Å². The quantitative estimate of drug-likeness (QED) is 0.0197. The molecule has 0 aromatic heterocycles. The predicted molar refractivity (Wildman–Crippen MR) is 251 cm³/mol. The van der Waals surface area contributed by atoms with Crippen molar-refractivity contribution < 1.29 is 211 Å². The predicted octanol–water partition coefficient (Wildman–Crippen LogP) is -6.27. The van der Waals surface area contributed by atoms with E-state index in [0.717, 1.165) is 12.1 Å². The second-order valence-electron chi connectivity index (χ2n) is 15.0. The van der Waals surface area contributed by atoms with E-state index in [1.807, 2.05) is 0 Å². The number of nitrogens with two attached hydrogens (primary N) is 2. The number of aromatic carboxylic acids is 1. The first-order valence-electron chi connectivity index (χ1n) is 20.0. The Morgan fingerprint density at radius 2 is 1.10 bits per heavy atom. The van der Waals surface area contributed by atoms with Gasteiger partial charge in [0, 0.05) is 16.9 Å². The first-order valence-corrected chi connectivity index (χ1v) is 24.1. The number of carboxylic acids is 1. The number of aromatic hydroxyl groups is 2. The van der Waals surface area contributed by atoms with Crippen molar-refractivity contribution >= 4 is 115 Å². The fourth-order valence-electron chi connectivity index (χ4n) is 6.77. The van der Waals surface area contributed by atoms with Crippen LogP contribution < -0.4 is 169 Å². The van der Waals surface area contributed by atoms with E-state index < -0.39 is 97.0 Å². The summed E-state index contributed by atoms with van der Waals surface area (Å²) in [5.41, 5.74) is 11.8. The van der Waals surface area contributed by atoms with Crippen LogP contribution in [0.3, 0.4) is 0 Å². The second kappa shape index (κ2) is 27.8. The van der Waals surface area contributed by atoms with Crippen LogP contribution in [0.25, 0.3) is 32.7 Å². The fraction of sp³-hybridized carbons (Fsp3) is 0. The van der Waals surface area contributed by atoms with E-state index >= 15 is 0 Å². The fourth-order valence-corrected chi connectivity index (χ4v) is 8.32. The summed E-state index contributed by atoms with van der Waals surface area (Å²) in [5, 5.41) is 63.5. The third-order valence-corrected chi connectivity index (χ3v) is 12.1. The van der Waals surface area contributed by atoms with Crippen LogP contribution >= 0.6 is 0 Å². The van der Waals surface area contributed by atoms with Crippen LogP contribution in [0, 0.1) is 6.07 Å². The standard InChI is InChI=1S/C45H31N10O14S3.5Na/c46-27-7-15-36(35(47)19-27)52-51-30-12-5-25-6-14-37(44(33(25)20-30)69-72(66,67)68)53-54-38-22-32(70(60,61)62)17-26-18-40(71(63,64)65)42(43(57)41(26)38)55-49-29-10-3-24(4-11-29)23-1-8-28(9-2-23)48-50-31-13-16-39(56)34(21-31)45(58)59;;;;;/h1-13,15-22,56-57H,46-47H2,(H,58,59)(H,60,61,62)(H,63,64,65)(H,66,67,68);;;;;/q-1;5*+1/p-4. The molecular weight excluding hydrogens is 1120 g/mol. The Bertz CT molecular complexity index is 4030. The second-order valence-corrected chi connectivity index (χ2v) is 18.7. The van der Waals surface area contributed by atoms with Crippen molar-refractivity contribution in [1.29, 1.82) is 0 Å². The molecule has 0 aliphatic rings. The maximum Gasteiger partial charge on any atom is 1.00 e. The maximum atomic E-state index is 12.6. The van der Waals surface area contributed by atoms with Crippen molar-refractivity contribution in [2.45, 2.75) is 9.79 Å². The number of carbonyl (C=O) groups is 1. The molecule has 0 atom stereocenters. The van der Waals surface area contributed by atoms with Crippen molar-refractivity contribution in [3.8, 4) is 28.4 Å². The first kappa shape index (κ1) is 67.2. The summed E-state index contributed by atoms with van der Waals surface area (Å²) in [4.78, 5) is 8.98. The van der Waals surface area contributed by atoms with Crippen LogP contribution in [0.5, 0.6) is 17.2 Å². The number of benzene rings is 8. The summed E-state index contributed by atoms with van der Waals surface area (Å²) in [6, 6.07) is 30.7. The topological polar surface area (TPSA) is 412 Å². The molecule has 8 rings (SSSR count). The smallest absolute Gasteiger partial charge is 0.744 e. The average Bonchev–Trinajstić information content (AvgIpc) is 3.32. The molecule has 0 aliphatic heterocycles. The molecule has 0 radical (unpaired) electrons. The molecule has 0 amide bonds. The number of hydrogen-bond donors (Lipinski definition) is 4. The zero-order valence-corrected chi connectivity index (χ0v) is 53.3. The molecule has 0 fully saturated rings. The molecule has 0 bridgehead atoms. The molecule has 77 heavy (non-hydrogen) atoms. The molecule has 8 aromatic carbocycles. The summed E-state index contributed by atoms with van der Waals surface area (Å²) in [5.74, 6) is -3.94. The molecule has 0 saturated heterocycles. The Morgan fingerprint density at radius 3 is 1.68 bits per heavy atom. The van der Waals surface area contributed by atoms with Gasteiger partial charge in [-0.15, -0.1) is 21.7 Å². The van der Waals surface area contributed by atoms with Gasteiger partial charge in [-0.25, -0.2) is 25.3 Å². The largest absolute Gasteiger partial charge is 1.00 e. The van der Waals surface area contributed by atoms with Crippen LogP contribution in [-0.2, 0) is 30.6 Å². The number of nitrogens with zero attached hydrogens (tertiary/aromatic N) is 8. The summed E-state index contributed by atoms with van der Waals surface area (Å²) >= 11 is 0. The Kier molecular flexibility index (Phi) is 24.3. The molecule has 32 heteroatoms. The van der Waals surface area contributed by atoms with Crippen LogP contribution in [0.2, 0.25) is 0 Å². The van der Waals surface area contributed by atoms with Gasteiger partial charge >= 0.3 is 148 Å². The third-order valence-electron chi connectivity index (χ3n) is 10.1. The number of phenolic OH excluding ortho intramolecular Hbond substituents is 1. The number of rotatable bonds is 14. The number of fused-ring (bicyclic) bond motifs is 2. The number of anilines is 2. The van der Waals surface area contributed by atoms with Gasteiger partial charge in [0.1, 0.15) is 37.4 Å². The Hall–Kier alpha value is -4.12. The Balaban J connectivity index is 0.00000312. The van der Waals surface area contributed by atoms with Gasteiger partial charge < -0.3 is 49.4 Å². The van der Waals surface area contributed by atoms with Crippen LogP contribution in [0.4, 0.5) is 56.9 Å². The van der Waals surface area contributed by atoms with E-state index in [2.05, 4.69) is 47.0 Å². The van der Waals surface area contributed by atoms with Gasteiger partial charge in [0.05, 0.1) is 61.0 Å². The molecule has 0 aliphatic carbocycles. The average molecular weight is 1140 g/mol. The molecule has 24 nitrogen and oxygen atoms in total. The van der Waals surface area contributed by atoms with E-state index in [0.29, 0.717) is 40.7 Å². The zero-order chi connectivity index (χ0) is 51.7. The molecule has 0 saturated carbocycles.